The number of carbonyl (C=O) groups is 2. The zero-order valence-electron chi connectivity index (χ0n) is 18.0. The van der Waals surface area contributed by atoms with E-state index in [4.69, 9.17) is 14.3 Å². The van der Waals surface area contributed by atoms with Crippen LogP contribution in [-0.2, 0) is 14.4 Å². The molecule has 0 amide bonds. The summed E-state index contributed by atoms with van der Waals surface area (Å²) in [6.45, 7) is 2.37. The van der Waals surface area contributed by atoms with E-state index in [9.17, 15) is 19.5 Å². The van der Waals surface area contributed by atoms with Crippen molar-refractivity contribution in [1.29, 1.82) is 0 Å². The number of rotatable bonds is 6. The Labute approximate surface area is 187 Å². The van der Waals surface area contributed by atoms with Crippen molar-refractivity contribution >= 4 is 34.2 Å². The Morgan fingerprint density at radius 2 is 2.09 bits per heavy atom. The average molecular weight is 459 g/mol. The molecule has 3 aliphatic rings. The second-order valence-electron chi connectivity index (χ2n) is 8.30. The summed E-state index contributed by atoms with van der Waals surface area (Å²) < 4.78 is 27.8. The highest BCUT2D eigenvalue weighted by Gasteiger charge is 2.47. The fourth-order valence-corrected chi connectivity index (χ4v) is 4.64. The summed E-state index contributed by atoms with van der Waals surface area (Å²) in [5.74, 6) is -2.92. The fraction of sp³-hybridized carbons (Fsp3) is 0.455. The number of fused-ring (bicyclic) bond motifs is 2. The minimum absolute atomic E-state index is 0.00209. The summed E-state index contributed by atoms with van der Waals surface area (Å²) in [5, 5.41) is 13.3. The first-order chi connectivity index (χ1) is 15.8. The van der Waals surface area contributed by atoms with Crippen molar-refractivity contribution in [2.24, 2.45) is 11.1 Å². The Balaban J connectivity index is 1.63. The number of aromatic carboxylic acids is 1. The number of oxime groups is 1. The number of esters is 1. The van der Waals surface area contributed by atoms with Gasteiger partial charge in [0, 0.05) is 18.8 Å². The summed E-state index contributed by atoms with van der Waals surface area (Å²) in [6, 6.07) is 1.07. The number of nitrogens with zero attached hydrogens (tertiary/aromatic N) is 3. The van der Waals surface area contributed by atoms with Gasteiger partial charge in [-0.25, -0.2) is 14.0 Å². The molecule has 5 rings (SSSR count). The summed E-state index contributed by atoms with van der Waals surface area (Å²) >= 11 is 0. The molecule has 2 fully saturated rings. The maximum absolute atomic E-state index is 15.5. The van der Waals surface area contributed by atoms with E-state index in [1.165, 1.54) is 13.3 Å². The molecule has 1 aliphatic carbocycles. The Morgan fingerprint density at radius 1 is 1.33 bits per heavy atom. The lowest BCUT2D eigenvalue weighted by atomic mass is 10.0. The van der Waals surface area contributed by atoms with Crippen molar-refractivity contribution in [2.45, 2.75) is 31.9 Å². The number of aromatic nitrogens is 1. The van der Waals surface area contributed by atoms with E-state index in [0.717, 1.165) is 18.9 Å². The van der Waals surface area contributed by atoms with Crippen LogP contribution in [0.5, 0.6) is 5.75 Å². The van der Waals surface area contributed by atoms with Crippen molar-refractivity contribution in [1.82, 2.24) is 4.57 Å². The topological polar surface area (TPSA) is 120 Å². The minimum Gasteiger partial charge on any atom is -0.492 e. The number of hydrogen-bond acceptors (Lipinski definition) is 8. The van der Waals surface area contributed by atoms with Gasteiger partial charge in [-0.05, 0) is 25.8 Å². The third-order valence-electron chi connectivity index (χ3n) is 6.28. The van der Waals surface area contributed by atoms with Crippen LogP contribution in [-0.4, -0.2) is 60.2 Å². The van der Waals surface area contributed by atoms with Gasteiger partial charge >= 0.3 is 11.9 Å². The first kappa shape index (κ1) is 21.2. The third kappa shape index (κ3) is 3.30. The second kappa shape index (κ2) is 7.75. The third-order valence-corrected chi connectivity index (χ3v) is 6.28. The zero-order chi connectivity index (χ0) is 23.4. The number of carboxylic acid groups (broad SMARTS) is 1. The summed E-state index contributed by atoms with van der Waals surface area (Å²) in [4.78, 5) is 43.8. The predicted molar refractivity (Wildman–Crippen MR) is 115 cm³/mol. The lowest BCUT2D eigenvalue weighted by molar-refractivity contribution is -0.135. The van der Waals surface area contributed by atoms with E-state index in [1.807, 2.05) is 0 Å². The van der Waals surface area contributed by atoms with Gasteiger partial charge in [0.05, 0.1) is 37.1 Å². The molecular weight excluding hydrogens is 437 g/mol. The predicted octanol–water partition coefficient (Wildman–Crippen LogP) is 1.94. The van der Waals surface area contributed by atoms with E-state index in [0.29, 0.717) is 5.52 Å². The second-order valence-corrected chi connectivity index (χ2v) is 8.30. The van der Waals surface area contributed by atoms with Gasteiger partial charge < -0.3 is 28.9 Å². The normalized spacial score (nSPS) is 21.5. The molecule has 0 spiro atoms. The number of pyridine rings is 1. The Kier molecular flexibility index (Phi) is 4.98. The van der Waals surface area contributed by atoms with Gasteiger partial charge in [-0.1, -0.05) is 5.16 Å². The number of benzene rings is 1. The average Bonchev–Trinajstić information content (AvgIpc) is 3.42. The largest absolute Gasteiger partial charge is 0.492 e. The lowest BCUT2D eigenvalue weighted by Crippen LogP contribution is -2.29. The maximum atomic E-state index is 15.5. The molecular formula is C22H22FN3O7. The first-order valence-corrected chi connectivity index (χ1v) is 10.7. The van der Waals surface area contributed by atoms with Crippen LogP contribution in [0, 0.1) is 11.7 Å². The molecule has 2 atom stereocenters. The molecule has 0 bridgehead atoms. The highest BCUT2D eigenvalue weighted by molar-refractivity contribution is 6.37. The number of anilines is 1. The highest BCUT2D eigenvalue weighted by atomic mass is 19.1. The molecule has 0 radical (unpaired) electrons. The molecule has 1 saturated carbocycles. The van der Waals surface area contributed by atoms with Crippen molar-refractivity contribution in [3.8, 4) is 5.75 Å². The number of carboxylic acids is 1. The molecule has 2 aliphatic heterocycles. The van der Waals surface area contributed by atoms with Gasteiger partial charge in [0.25, 0.3) is 0 Å². The highest BCUT2D eigenvalue weighted by Crippen LogP contribution is 2.45. The molecule has 3 heterocycles. The smallest absolute Gasteiger partial charge is 0.356 e. The molecule has 1 N–H and O–H groups in total. The van der Waals surface area contributed by atoms with Crippen LogP contribution in [0.25, 0.3) is 10.9 Å². The maximum Gasteiger partial charge on any atom is 0.356 e. The number of methoxy groups -OCH3 is 1. The van der Waals surface area contributed by atoms with E-state index in [-0.39, 0.29) is 48.3 Å². The Bertz CT molecular complexity index is 1270. The van der Waals surface area contributed by atoms with Crippen LogP contribution in [0.15, 0.2) is 22.2 Å². The van der Waals surface area contributed by atoms with E-state index in [2.05, 4.69) is 5.16 Å². The Morgan fingerprint density at radius 3 is 2.73 bits per heavy atom. The molecule has 1 aromatic heterocycles. The van der Waals surface area contributed by atoms with Gasteiger partial charge in [-0.2, -0.15) is 0 Å². The van der Waals surface area contributed by atoms with Gasteiger partial charge in [0.15, 0.2) is 23.4 Å². The van der Waals surface area contributed by atoms with Crippen molar-refractivity contribution in [3.63, 3.8) is 0 Å². The first-order valence-electron chi connectivity index (χ1n) is 10.7. The monoisotopic (exact) mass is 459 g/mol. The van der Waals surface area contributed by atoms with Crippen LogP contribution in [0.2, 0.25) is 0 Å². The van der Waals surface area contributed by atoms with E-state index in [1.54, 1.807) is 16.4 Å². The summed E-state index contributed by atoms with van der Waals surface area (Å²) in [5.41, 5.74) is -0.545. The summed E-state index contributed by atoms with van der Waals surface area (Å²) in [6.07, 6.45) is 2.48. The molecule has 10 nitrogen and oxygen atoms in total. The van der Waals surface area contributed by atoms with Crippen molar-refractivity contribution in [2.75, 3.05) is 31.7 Å². The van der Waals surface area contributed by atoms with Crippen molar-refractivity contribution in [3.05, 3.63) is 33.9 Å². The van der Waals surface area contributed by atoms with Crippen LogP contribution in [0.3, 0.4) is 0 Å². The lowest BCUT2D eigenvalue weighted by Gasteiger charge is -2.25. The minimum atomic E-state index is -1.37. The fourth-order valence-electron chi connectivity index (χ4n) is 4.64. The van der Waals surface area contributed by atoms with Gasteiger partial charge in [-0.3, -0.25) is 4.79 Å². The number of ether oxygens (including phenoxy) is 2. The molecule has 1 saturated heterocycles. The number of carbonyl (C=O) groups excluding carboxylic acids is 1. The van der Waals surface area contributed by atoms with E-state index < -0.39 is 40.8 Å². The molecule has 11 heteroatoms. The van der Waals surface area contributed by atoms with E-state index >= 15 is 4.39 Å². The van der Waals surface area contributed by atoms with Gasteiger partial charge in [0.1, 0.15) is 11.3 Å². The quantitative estimate of drug-likeness (QED) is 0.651. The summed E-state index contributed by atoms with van der Waals surface area (Å²) in [7, 11) is 1.38. The molecule has 2 unspecified atom stereocenters. The van der Waals surface area contributed by atoms with Crippen LogP contribution < -0.4 is 15.1 Å². The molecule has 1 aromatic carbocycles. The van der Waals surface area contributed by atoms with Gasteiger partial charge in [-0.15, -0.1) is 0 Å². The van der Waals surface area contributed by atoms with Crippen LogP contribution in [0.4, 0.5) is 10.1 Å². The number of halogens is 1. The van der Waals surface area contributed by atoms with Crippen LogP contribution >= 0.6 is 0 Å². The number of hydrogen-bond donors (Lipinski definition) is 1. The molecule has 2 aromatic rings. The Hall–Kier alpha value is -3.63. The van der Waals surface area contributed by atoms with Gasteiger partial charge in [0.2, 0.25) is 5.43 Å². The van der Waals surface area contributed by atoms with Crippen LogP contribution in [0.1, 0.15) is 36.2 Å². The zero-order valence-corrected chi connectivity index (χ0v) is 18.0. The standard InChI is InChI=1S/C22H22FN3O7/c1-3-32-22(30)16-12-7-25(9-15(12)33-24-16)18-14(23)6-11-17(20(18)31-2)26(10-4-5-10)8-13(19(11)27)21(28)29/h6,8,10,12,15H,3-5,7,9H2,1-2H3,(H,28,29). The molecule has 33 heavy (non-hydrogen) atoms. The SMILES string of the molecule is CCOC(=O)C1=NOC2CN(c3c(F)cc4c(=O)c(C(=O)O)cn(C5CC5)c4c3OC)CC12. The van der Waals surface area contributed by atoms with Crippen molar-refractivity contribution < 1.29 is 33.4 Å². The molecule has 174 valence electrons.